The molecule has 2 aromatic carbocycles. The Kier molecular flexibility index (Phi) is 5.34. The van der Waals surface area contributed by atoms with Gasteiger partial charge in [-0.3, -0.25) is 0 Å². The summed E-state index contributed by atoms with van der Waals surface area (Å²) in [4.78, 5) is 0. The molecule has 0 heterocycles. The fourth-order valence-corrected chi connectivity index (χ4v) is 2.32. The van der Waals surface area contributed by atoms with Crippen LogP contribution in [0.4, 0.5) is 5.69 Å². The molecule has 4 heteroatoms. The predicted octanol–water partition coefficient (Wildman–Crippen LogP) is 4.73. The third-order valence-electron chi connectivity index (χ3n) is 2.70. The first-order valence-electron chi connectivity index (χ1n) is 6.04. The van der Waals surface area contributed by atoms with Gasteiger partial charge in [-0.2, -0.15) is 0 Å². The summed E-state index contributed by atoms with van der Waals surface area (Å²) in [5.74, 6) is 3.25. The number of halogens is 2. The molecule has 2 rings (SSSR count). The first-order valence-corrected chi connectivity index (χ1v) is 7.21. The molecule has 1 N–H and O–H groups in total. The van der Waals surface area contributed by atoms with Gasteiger partial charge in [0.05, 0.1) is 15.2 Å². The standard InChI is InChI=1S/C16H13BrClNO/c1-2-10-20-15-9-4-3-6-12(15)11-19-14-8-5-7-13(18)16(14)17/h1,3-9,19H,10-11H2. The summed E-state index contributed by atoms with van der Waals surface area (Å²) in [6.07, 6.45) is 5.22. The lowest BCUT2D eigenvalue weighted by Gasteiger charge is -2.12. The summed E-state index contributed by atoms with van der Waals surface area (Å²) < 4.78 is 6.37. The number of nitrogens with one attached hydrogen (secondary N) is 1. The van der Waals surface area contributed by atoms with Gasteiger partial charge in [0.25, 0.3) is 0 Å². The molecule has 0 aliphatic carbocycles. The molecule has 2 nitrogen and oxygen atoms in total. The van der Waals surface area contributed by atoms with E-state index in [4.69, 9.17) is 22.8 Å². The fourth-order valence-electron chi connectivity index (χ4n) is 1.74. The zero-order chi connectivity index (χ0) is 14.4. The van der Waals surface area contributed by atoms with Crippen molar-refractivity contribution in [2.24, 2.45) is 0 Å². The lowest BCUT2D eigenvalue weighted by molar-refractivity contribution is 0.366. The predicted molar refractivity (Wildman–Crippen MR) is 87.2 cm³/mol. The minimum Gasteiger partial charge on any atom is -0.481 e. The largest absolute Gasteiger partial charge is 0.481 e. The van der Waals surface area contributed by atoms with E-state index in [2.05, 4.69) is 27.2 Å². The summed E-state index contributed by atoms with van der Waals surface area (Å²) in [5.41, 5.74) is 1.97. The third-order valence-corrected chi connectivity index (χ3v) is 4.10. The number of anilines is 1. The Balaban J connectivity index is 2.11. The van der Waals surface area contributed by atoms with E-state index in [0.717, 1.165) is 21.5 Å². The van der Waals surface area contributed by atoms with Crippen LogP contribution in [-0.4, -0.2) is 6.61 Å². The second kappa shape index (κ2) is 7.23. The van der Waals surface area contributed by atoms with Crippen molar-refractivity contribution in [3.63, 3.8) is 0 Å². The van der Waals surface area contributed by atoms with Crippen LogP contribution in [0.1, 0.15) is 5.56 Å². The van der Waals surface area contributed by atoms with Crippen molar-refractivity contribution >= 4 is 33.2 Å². The van der Waals surface area contributed by atoms with Gasteiger partial charge in [0.15, 0.2) is 0 Å². The minimum atomic E-state index is 0.262. The van der Waals surface area contributed by atoms with Crippen LogP contribution >= 0.6 is 27.5 Å². The molecule has 20 heavy (non-hydrogen) atoms. The summed E-state index contributed by atoms with van der Waals surface area (Å²) in [7, 11) is 0. The van der Waals surface area contributed by atoms with E-state index in [-0.39, 0.29) is 6.61 Å². The maximum Gasteiger partial charge on any atom is 0.148 e. The molecule has 2 aromatic rings. The Labute approximate surface area is 132 Å². The highest BCUT2D eigenvalue weighted by molar-refractivity contribution is 9.10. The summed E-state index contributed by atoms with van der Waals surface area (Å²) >= 11 is 9.52. The summed E-state index contributed by atoms with van der Waals surface area (Å²) in [6, 6.07) is 13.5. The minimum absolute atomic E-state index is 0.262. The normalized spacial score (nSPS) is 9.85. The Morgan fingerprint density at radius 3 is 2.80 bits per heavy atom. The average molecular weight is 351 g/mol. The molecule has 0 amide bonds. The van der Waals surface area contributed by atoms with E-state index in [9.17, 15) is 0 Å². The third kappa shape index (κ3) is 3.69. The van der Waals surface area contributed by atoms with Crippen molar-refractivity contribution in [2.75, 3.05) is 11.9 Å². The molecule has 0 fully saturated rings. The molecule has 0 aliphatic rings. The number of ether oxygens (including phenoxy) is 1. The van der Waals surface area contributed by atoms with E-state index in [1.54, 1.807) is 0 Å². The van der Waals surface area contributed by atoms with Gasteiger partial charge < -0.3 is 10.1 Å². The Hall–Kier alpha value is -1.63. The molecule has 0 bridgehead atoms. The van der Waals surface area contributed by atoms with Crippen LogP contribution in [-0.2, 0) is 6.54 Å². The molecule has 0 saturated carbocycles. The maximum absolute atomic E-state index is 6.06. The van der Waals surface area contributed by atoms with Crippen LogP contribution in [0.15, 0.2) is 46.9 Å². The second-order valence-corrected chi connectivity index (χ2v) is 5.26. The topological polar surface area (TPSA) is 21.3 Å². The number of rotatable bonds is 5. The van der Waals surface area contributed by atoms with E-state index in [0.29, 0.717) is 11.6 Å². The van der Waals surface area contributed by atoms with Crippen molar-refractivity contribution in [1.29, 1.82) is 0 Å². The van der Waals surface area contributed by atoms with Crippen molar-refractivity contribution in [1.82, 2.24) is 0 Å². The van der Waals surface area contributed by atoms with E-state index in [1.165, 1.54) is 0 Å². The molecule has 102 valence electrons. The first-order chi connectivity index (χ1) is 9.72. The second-order valence-electron chi connectivity index (χ2n) is 4.06. The number of hydrogen-bond acceptors (Lipinski definition) is 2. The first kappa shape index (κ1) is 14.8. The lowest BCUT2D eigenvalue weighted by Crippen LogP contribution is -2.04. The van der Waals surface area contributed by atoms with E-state index in [1.807, 2.05) is 42.5 Å². The van der Waals surface area contributed by atoms with Gasteiger partial charge in [0, 0.05) is 12.1 Å². The van der Waals surface area contributed by atoms with Gasteiger partial charge in [-0.25, -0.2) is 0 Å². The highest BCUT2D eigenvalue weighted by Gasteiger charge is 2.06. The summed E-state index contributed by atoms with van der Waals surface area (Å²) in [6.45, 7) is 0.886. The van der Waals surface area contributed by atoms with Gasteiger partial charge >= 0.3 is 0 Å². The smallest absolute Gasteiger partial charge is 0.148 e. The maximum atomic E-state index is 6.06. The van der Waals surface area contributed by atoms with Crippen LogP contribution in [0, 0.1) is 12.3 Å². The highest BCUT2D eigenvalue weighted by Crippen LogP contribution is 2.30. The Bertz CT molecular complexity index is 637. The molecule has 0 spiro atoms. The molecule has 0 aromatic heterocycles. The molecular formula is C16H13BrClNO. The fraction of sp³-hybridized carbons (Fsp3) is 0.125. The summed E-state index contributed by atoms with van der Waals surface area (Å²) in [5, 5.41) is 4.00. The molecular weight excluding hydrogens is 338 g/mol. The van der Waals surface area contributed by atoms with Crippen LogP contribution in [0.25, 0.3) is 0 Å². The zero-order valence-electron chi connectivity index (χ0n) is 10.7. The van der Waals surface area contributed by atoms with Gasteiger partial charge in [0.2, 0.25) is 0 Å². The van der Waals surface area contributed by atoms with Crippen molar-refractivity contribution < 1.29 is 4.74 Å². The Morgan fingerprint density at radius 1 is 1.20 bits per heavy atom. The van der Waals surface area contributed by atoms with Crippen molar-refractivity contribution in [2.45, 2.75) is 6.54 Å². The molecule has 0 saturated heterocycles. The van der Waals surface area contributed by atoms with Gasteiger partial charge in [0.1, 0.15) is 12.4 Å². The average Bonchev–Trinajstić information content (AvgIpc) is 2.47. The Morgan fingerprint density at radius 2 is 2.00 bits per heavy atom. The van der Waals surface area contributed by atoms with E-state index >= 15 is 0 Å². The molecule has 0 atom stereocenters. The number of terminal acetylenes is 1. The van der Waals surface area contributed by atoms with Crippen molar-refractivity contribution in [3.8, 4) is 18.1 Å². The van der Waals surface area contributed by atoms with Gasteiger partial charge in [-0.15, -0.1) is 6.42 Å². The number of hydrogen-bond donors (Lipinski definition) is 1. The van der Waals surface area contributed by atoms with Gasteiger partial charge in [-0.1, -0.05) is 41.8 Å². The van der Waals surface area contributed by atoms with Crippen LogP contribution in [0.2, 0.25) is 5.02 Å². The van der Waals surface area contributed by atoms with Crippen LogP contribution < -0.4 is 10.1 Å². The lowest BCUT2D eigenvalue weighted by atomic mass is 10.2. The molecule has 0 radical (unpaired) electrons. The SMILES string of the molecule is C#CCOc1ccccc1CNc1cccc(Cl)c1Br. The monoisotopic (exact) mass is 349 g/mol. The van der Waals surface area contributed by atoms with E-state index < -0.39 is 0 Å². The molecule has 0 unspecified atom stereocenters. The molecule has 0 aliphatic heterocycles. The van der Waals surface area contributed by atoms with Crippen LogP contribution in [0.3, 0.4) is 0 Å². The zero-order valence-corrected chi connectivity index (χ0v) is 13.0. The number of benzene rings is 2. The van der Waals surface area contributed by atoms with Crippen LogP contribution in [0.5, 0.6) is 5.75 Å². The highest BCUT2D eigenvalue weighted by atomic mass is 79.9. The number of para-hydroxylation sites is 1. The van der Waals surface area contributed by atoms with Gasteiger partial charge in [-0.05, 0) is 34.1 Å². The van der Waals surface area contributed by atoms with Crippen molar-refractivity contribution in [3.05, 3.63) is 57.5 Å². The quantitative estimate of drug-likeness (QED) is 0.787.